The van der Waals surface area contributed by atoms with E-state index in [4.69, 9.17) is 0 Å². The van der Waals surface area contributed by atoms with E-state index in [0.717, 1.165) is 25.7 Å². The Bertz CT molecular complexity index is 399. The Morgan fingerprint density at radius 2 is 1.83 bits per heavy atom. The van der Waals surface area contributed by atoms with Gasteiger partial charge in [-0.25, -0.2) is 4.39 Å². The highest BCUT2D eigenvalue weighted by molar-refractivity contribution is 5.75. The molecule has 1 aromatic carbocycles. The maximum Gasteiger partial charge on any atom is 0.325 e. The Balaban J connectivity index is 2.07. The lowest BCUT2D eigenvalue weighted by atomic mass is 9.94. The molecule has 3 nitrogen and oxygen atoms in total. The summed E-state index contributed by atoms with van der Waals surface area (Å²) in [5.41, 5.74) is 0.606. The van der Waals surface area contributed by atoms with Crippen LogP contribution in [0.25, 0.3) is 0 Å². The number of hydrogen-bond acceptors (Lipinski definition) is 2. The Labute approximate surface area is 106 Å². The number of carbonyl (C=O) groups is 1. The first-order chi connectivity index (χ1) is 8.66. The molecule has 1 saturated carbocycles. The molecule has 2 rings (SSSR count). The monoisotopic (exact) mass is 251 g/mol. The average molecular weight is 251 g/mol. The second kappa shape index (κ2) is 5.96. The second-order valence-electron chi connectivity index (χ2n) is 4.82. The van der Waals surface area contributed by atoms with Crippen molar-refractivity contribution in [3.8, 4) is 0 Å². The quantitative estimate of drug-likeness (QED) is 0.865. The summed E-state index contributed by atoms with van der Waals surface area (Å²) in [5, 5.41) is 12.4. The number of rotatable bonds is 4. The molecule has 18 heavy (non-hydrogen) atoms. The van der Waals surface area contributed by atoms with E-state index in [1.807, 2.05) is 0 Å². The number of carboxylic acids is 1. The Morgan fingerprint density at radius 1 is 1.22 bits per heavy atom. The van der Waals surface area contributed by atoms with E-state index in [0.29, 0.717) is 5.56 Å². The molecule has 0 saturated heterocycles. The SMILES string of the molecule is O=C(O)C(NC1CCCCC1)c1ccc(F)cc1. The van der Waals surface area contributed by atoms with Gasteiger partial charge in [-0.05, 0) is 30.5 Å². The number of nitrogens with one attached hydrogen (secondary N) is 1. The lowest BCUT2D eigenvalue weighted by molar-refractivity contribution is -0.140. The topological polar surface area (TPSA) is 49.3 Å². The third-order valence-corrected chi connectivity index (χ3v) is 3.46. The van der Waals surface area contributed by atoms with E-state index in [2.05, 4.69) is 5.32 Å². The first-order valence-corrected chi connectivity index (χ1v) is 6.41. The molecule has 0 amide bonds. The van der Waals surface area contributed by atoms with Gasteiger partial charge in [0.1, 0.15) is 11.9 Å². The predicted molar refractivity (Wildman–Crippen MR) is 66.8 cm³/mol. The maximum absolute atomic E-state index is 12.8. The van der Waals surface area contributed by atoms with Gasteiger partial charge in [0.25, 0.3) is 0 Å². The van der Waals surface area contributed by atoms with Crippen LogP contribution in [0.15, 0.2) is 24.3 Å². The molecule has 0 aromatic heterocycles. The fourth-order valence-corrected chi connectivity index (χ4v) is 2.47. The van der Waals surface area contributed by atoms with Gasteiger partial charge in [-0.15, -0.1) is 0 Å². The van der Waals surface area contributed by atoms with Gasteiger partial charge in [0.05, 0.1) is 0 Å². The summed E-state index contributed by atoms with van der Waals surface area (Å²) in [5.74, 6) is -1.26. The molecule has 1 unspecified atom stereocenters. The van der Waals surface area contributed by atoms with Crippen molar-refractivity contribution in [2.24, 2.45) is 0 Å². The van der Waals surface area contributed by atoms with Gasteiger partial charge in [-0.1, -0.05) is 31.4 Å². The number of carboxylic acid groups (broad SMARTS) is 1. The van der Waals surface area contributed by atoms with Crippen molar-refractivity contribution in [1.29, 1.82) is 0 Å². The normalized spacial score (nSPS) is 18.5. The molecule has 98 valence electrons. The summed E-state index contributed by atoms with van der Waals surface area (Å²) in [6.45, 7) is 0. The molecule has 1 atom stereocenters. The van der Waals surface area contributed by atoms with Crippen LogP contribution in [-0.2, 0) is 4.79 Å². The lowest BCUT2D eigenvalue weighted by Crippen LogP contribution is -2.38. The molecular weight excluding hydrogens is 233 g/mol. The molecule has 2 N–H and O–H groups in total. The first-order valence-electron chi connectivity index (χ1n) is 6.41. The van der Waals surface area contributed by atoms with Crippen LogP contribution >= 0.6 is 0 Å². The van der Waals surface area contributed by atoms with E-state index in [1.165, 1.54) is 30.7 Å². The third-order valence-electron chi connectivity index (χ3n) is 3.46. The van der Waals surface area contributed by atoms with Gasteiger partial charge >= 0.3 is 5.97 Å². The van der Waals surface area contributed by atoms with E-state index in [-0.39, 0.29) is 11.9 Å². The minimum absolute atomic E-state index is 0.255. The standard InChI is InChI=1S/C14H18FNO2/c15-11-8-6-10(7-9-11)13(14(17)18)16-12-4-2-1-3-5-12/h6-9,12-13,16H,1-5H2,(H,17,18). The van der Waals surface area contributed by atoms with E-state index in [9.17, 15) is 14.3 Å². The minimum Gasteiger partial charge on any atom is -0.480 e. The molecule has 1 aliphatic carbocycles. The van der Waals surface area contributed by atoms with Gasteiger partial charge in [0, 0.05) is 6.04 Å². The first kappa shape index (κ1) is 13.0. The van der Waals surface area contributed by atoms with Gasteiger partial charge < -0.3 is 5.11 Å². The number of benzene rings is 1. The average Bonchev–Trinajstić information content (AvgIpc) is 2.38. The molecule has 1 aromatic rings. The summed E-state index contributed by atoms with van der Waals surface area (Å²) < 4.78 is 12.8. The van der Waals surface area contributed by atoms with E-state index >= 15 is 0 Å². The smallest absolute Gasteiger partial charge is 0.325 e. The van der Waals surface area contributed by atoms with Gasteiger partial charge in [0.15, 0.2) is 0 Å². The highest BCUT2D eigenvalue weighted by Crippen LogP contribution is 2.22. The fraction of sp³-hybridized carbons (Fsp3) is 0.500. The van der Waals surface area contributed by atoms with E-state index < -0.39 is 12.0 Å². The van der Waals surface area contributed by atoms with Crippen LogP contribution in [0.2, 0.25) is 0 Å². The second-order valence-corrected chi connectivity index (χ2v) is 4.82. The molecular formula is C14H18FNO2. The number of hydrogen-bond donors (Lipinski definition) is 2. The van der Waals surface area contributed by atoms with Crippen molar-refractivity contribution in [3.05, 3.63) is 35.6 Å². The molecule has 0 aliphatic heterocycles. The molecule has 0 spiro atoms. The van der Waals surface area contributed by atoms with Crippen molar-refractivity contribution in [1.82, 2.24) is 5.32 Å². The van der Waals surface area contributed by atoms with Crippen LogP contribution in [0.3, 0.4) is 0 Å². The largest absolute Gasteiger partial charge is 0.480 e. The molecule has 0 bridgehead atoms. The van der Waals surface area contributed by atoms with Crippen LogP contribution in [0, 0.1) is 5.82 Å². The van der Waals surface area contributed by atoms with Gasteiger partial charge in [0.2, 0.25) is 0 Å². The molecule has 1 fully saturated rings. The molecule has 4 heteroatoms. The van der Waals surface area contributed by atoms with Crippen LogP contribution in [0.1, 0.15) is 43.7 Å². The lowest BCUT2D eigenvalue weighted by Gasteiger charge is -2.26. The summed E-state index contributed by atoms with van der Waals surface area (Å²) in [6, 6.07) is 5.17. The third kappa shape index (κ3) is 3.29. The van der Waals surface area contributed by atoms with Crippen molar-refractivity contribution in [2.75, 3.05) is 0 Å². The van der Waals surface area contributed by atoms with Crippen LogP contribution in [0.5, 0.6) is 0 Å². The summed E-state index contributed by atoms with van der Waals surface area (Å²) in [4.78, 5) is 11.3. The summed E-state index contributed by atoms with van der Waals surface area (Å²) in [7, 11) is 0. The Hall–Kier alpha value is -1.42. The van der Waals surface area contributed by atoms with Crippen molar-refractivity contribution < 1.29 is 14.3 Å². The highest BCUT2D eigenvalue weighted by Gasteiger charge is 2.24. The van der Waals surface area contributed by atoms with Crippen LogP contribution in [-0.4, -0.2) is 17.1 Å². The van der Waals surface area contributed by atoms with Crippen LogP contribution < -0.4 is 5.32 Å². The zero-order chi connectivity index (χ0) is 13.0. The Kier molecular flexibility index (Phi) is 4.31. The van der Waals surface area contributed by atoms with Gasteiger partial charge in [-0.2, -0.15) is 0 Å². The van der Waals surface area contributed by atoms with Crippen molar-refractivity contribution >= 4 is 5.97 Å². The molecule has 1 aliphatic rings. The van der Waals surface area contributed by atoms with Crippen LogP contribution in [0.4, 0.5) is 4.39 Å². The number of aliphatic carboxylic acids is 1. The Morgan fingerprint density at radius 3 is 2.39 bits per heavy atom. The molecule has 0 heterocycles. The number of halogens is 1. The minimum atomic E-state index is -0.910. The maximum atomic E-state index is 12.8. The van der Waals surface area contributed by atoms with Crippen molar-refractivity contribution in [3.63, 3.8) is 0 Å². The van der Waals surface area contributed by atoms with E-state index in [1.54, 1.807) is 0 Å². The molecule has 0 radical (unpaired) electrons. The highest BCUT2D eigenvalue weighted by atomic mass is 19.1. The predicted octanol–water partition coefficient (Wildman–Crippen LogP) is 2.87. The summed E-state index contributed by atoms with van der Waals surface area (Å²) in [6.07, 6.45) is 5.56. The zero-order valence-electron chi connectivity index (χ0n) is 10.2. The summed E-state index contributed by atoms with van der Waals surface area (Å²) >= 11 is 0. The van der Waals surface area contributed by atoms with Gasteiger partial charge in [-0.3, -0.25) is 10.1 Å². The fourth-order valence-electron chi connectivity index (χ4n) is 2.47. The zero-order valence-corrected chi connectivity index (χ0v) is 10.2. The van der Waals surface area contributed by atoms with Crippen molar-refractivity contribution in [2.45, 2.75) is 44.2 Å².